The third-order valence-electron chi connectivity index (χ3n) is 4.77. The molecule has 4 atom stereocenters. The van der Waals surface area contributed by atoms with Crippen molar-refractivity contribution in [2.24, 2.45) is 17.6 Å². The number of nitrogens with zero attached hydrogens (tertiary/aromatic N) is 1. The van der Waals surface area contributed by atoms with Crippen LogP contribution in [0.3, 0.4) is 0 Å². The van der Waals surface area contributed by atoms with E-state index in [1.165, 1.54) is 19.3 Å². The standard InChI is InChI=1S/C15H28N2O2.ClH/c1-11-5-3-4-6-14(11)19-10-15(18)17-9-13(8-16)7-12(17)2;/h11-14H,3-10,16H2,1-2H3;1H. The van der Waals surface area contributed by atoms with Crippen LogP contribution in [0.5, 0.6) is 0 Å². The highest BCUT2D eigenvalue weighted by atomic mass is 35.5. The molecule has 0 aromatic carbocycles. The first-order valence-corrected chi connectivity index (χ1v) is 7.73. The predicted molar refractivity (Wildman–Crippen MR) is 83.0 cm³/mol. The van der Waals surface area contributed by atoms with Crippen LogP contribution in [0.15, 0.2) is 0 Å². The number of rotatable bonds is 4. The summed E-state index contributed by atoms with van der Waals surface area (Å²) in [6.45, 7) is 6.07. The van der Waals surface area contributed by atoms with Gasteiger partial charge in [-0.05, 0) is 44.6 Å². The van der Waals surface area contributed by atoms with Gasteiger partial charge in [0.15, 0.2) is 0 Å². The van der Waals surface area contributed by atoms with Gasteiger partial charge < -0.3 is 15.4 Å². The van der Waals surface area contributed by atoms with Gasteiger partial charge in [0.2, 0.25) is 5.91 Å². The van der Waals surface area contributed by atoms with Gasteiger partial charge in [0.05, 0.1) is 6.10 Å². The number of carbonyl (C=O) groups excluding carboxylic acids is 1. The molecule has 2 rings (SSSR count). The number of nitrogens with two attached hydrogens (primary N) is 1. The summed E-state index contributed by atoms with van der Waals surface area (Å²) in [5.41, 5.74) is 5.70. The van der Waals surface area contributed by atoms with E-state index in [1.807, 2.05) is 4.90 Å². The average Bonchev–Trinajstić information content (AvgIpc) is 2.79. The number of carbonyl (C=O) groups is 1. The van der Waals surface area contributed by atoms with Crippen LogP contribution < -0.4 is 5.73 Å². The number of hydrogen-bond acceptors (Lipinski definition) is 3. The lowest BCUT2D eigenvalue weighted by atomic mass is 9.88. The van der Waals surface area contributed by atoms with E-state index in [0.29, 0.717) is 24.4 Å². The van der Waals surface area contributed by atoms with Crippen LogP contribution >= 0.6 is 12.4 Å². The van der Waals surface area contributed by atoms with E-state index in [2.05, 4.69) is 13.8 Å². The molecule has 1 heterocycles. The van der Waals surface area contributed by atoms with Crippen LogP contribution in [0.1, 0.15) is 46.0 Å². The molecule has 4 unspecified atom stereocenters. The number of likely N-dealkylation sites (tertiary alicyclic amines) is 1. The molecule has 0 aromatic heterocycles. The van der Waals surface area contributed by atoms with Crippen LogP contribution in [0.25, 0.3) is 0 Å². The van der Waals surface area contributed by atoms with E-state index >= 15 is 0 Å². The van der Waals surface area contributed by atoms with Crippen molar-refractivity contribution in [3.8, 4) is 0 Å². The molecule has 4 nitrogen and oxygen atoms in total. The first-order valence-electron chi connectivity index (χ1n) is 7.73. The minimum absolute atomic E-state index is 0. The summed E-state index contributed by atoms with van der Waals surface area (Å²) in [5, 5.41) is 0. The van der Waals surface area contributed by atoms with Crippen molar-refractivity contribution < 1.29 is 9.53 Å². The molecule has 1 amide bonds. The zero-order valence-corrected chi connectivity index (χ0v) is 13.5. The minimum Gasteiger partial charge on any atom is -0.368 e. The molecule has 0 aromatic rings. The van der Waals surface area contributed by atoms with Gasteiger partial charge in [-0.3, -0.25) is 4.79 Å². The Bertz CT molecular complexity index is 314. The average molecular weight is 305 g/mol. The van der Waals surface area contributed by atoms with E-state index in [1.54, 1.807) is 0 Å². The SMILES string of the molecule is CC1CCCCC1OCC(=O)N1CC(CN)CC1C.Cl. The molecular formula is C15H29ClN2O2. The van der Waals surface area contributed by atoms with Gasteiger partial charge in [-0.1, -0.05) is 19.8 Å². The fraction of sp³-hybridized carbons (Fsp3) is 0.933. The second-order valence-electron chi connectivity index (χ2n) is 6.34. The zero-order chi connectivity index (χ0) is 13.8. The molecule has 2 aliphatic rings. The summed E-state index contributed by atoms with van der Waals surface area (Å²) < 4.78 is 5.86. The summed E-state index contributed by atoms with van der Waals surface area (Å²) in [6, 6.07) is 0.313. The Labute approximate surface area is 128 Å². The number of halogens is 1. The Balaban J connectivity index is 0.00000200. The molecule has 2 fully saturated rings. The van der Waals surface area contributed by atoms with Crippen molar-refractivity contribution in [2.75, 3.05) is 19.7 Å². The van der Waals surface area contributed by atoms with E-state index < -0.39 is 0 Å². The molecular weight excluding hydrogens is 276 g/mol. The first kappa shape index (κ1) is 17.7. The number of amides is 1. The van der Waals surface area contributed by atoms with Gasteiger partial charge >= 0.3 is 0 Å². The van der Waals surface area contributed by atoms with E-state index in [-0.39, 0.29) is 31.0 Å². The molecule has 5 heteroatoms. The first-order chi connectivity index (χ1) is 9.11. The van der Waals surface area contributed by atoms with E-state index in [0.717, 1.165) is 19.4 Å². The molecule has 0 spiro atoms. The molecule has 1 aliphatic carbocycles. The lowest BCUT2D eigenvalue weighted by Crippen LogP contribution is -2.39. The third kappa shape index (κ3) is 4.34. The summed E-state index contributed by atoms with van der Waals surface area (Å²) >= 11 is 0. The second kappa shape index (κ2) is 8.20. The molecule has 0 bridgehead atoms. The minimum atomic E-state index is 0. The van der Waals surface area contributed by atoms with Crippen LogP contribution in [0.2, 0.25) is 0 Å². The highest BCUT2D eigenvalue weighted by Crippen LogP contribution is 2.27. The second-order valence-corrected chi connectivity index (χ2v) is 6.34. The normalized spacial score (nSPS) is 33.9. The Morgan fingerprint density at radius 1 is 1.30 bits per heavy atom. The maximum Gasteiger partial charge on any atom is 0.248 e. The molecule has 1 aliphatic heterocycles. The lowest BCUT2D eigenvalue weighted by Gasteiger charge is -2.29. The smallest absolute Gasteiger partial charge is 0.248 e. The maximum absolute atomic E-state index is 12.2. The van der Waals surface area contributed by atoms with Crippen molar-refractivity contribution in [1.29, 1.82) is 0 Å². The summed E-state index contributed by atoms with van der Waals surface area (Å²) in [6.07, 6.45) is 6.18. The topological polar surface area (TPSA) is 55.6 Å². The highest BCUT2D eigenvalue weighted by Gasteiger charge is 2.32. The van der Waals surface area contributed by atoms with Gasteiger partial charge in [0.1, 0.15) is 6.61 Å². The number of ether oxygens (including phenoxy) is 1. The summed E-state index contributed by atoms with van der Waals surface area (Å²) in [4.78, 5) is 14.2. The molecule has 1 saturated heterocycles. The zero-order valence-electron chi connectivity index (χ0n) is 12.7. The molecule has 2 N–H and O–H groups in total. The highest BCUT2D eigenvalue weighted by molar-refractivity contribution is 5.85. The summed E-state index contributed by atoms with van der Waals surface area (Å²) in [5.74, 6) is 1.20. The van der Waals surface area contributed by atoms with Crippen molar-refractivity contribution >= 4 is 18.3 Å². The van der Waals surface area contributed by atoms with Gasteiger partial charge in [-0.2, -0.15) is 0 Å². The Kier molecular flexibility index (Phi) is 7.27. The van der Waals surface area contributed by atoms with Gasteiger partial charge in [0, 0.05) is 12.6 Å². The molecule has 1 saturated carbocycles. The Morgan fingerprint density at radius 2 is 2.00 bits per heavy atom. The molecule has 0 radical (unpaired) electrons. The van der Waals surface area contributed by atoms with E-state index in [4.69, 9.17) is 10.5 Å². The monoisotopic (exact) mass is 304 g/mol. The van der Waals surface area contributed by atoms with Crippen LogP contribution in [0.4, 0.5) is 0 Å². The van der Waals surface area contributed by atoms with Crippen LogP contribution in [-0.4, -0.2) is 42.6 Å². The van der Waals surface area contributed by atoms with Gasteiger partial charge in [-0.15, -0.1) is 12.4 Å². The van der Waals surface area contributed by atoms with E-state index in [9.17, 15) is 4.79 Å². The summed E-state index contributed by atoms with van der Waals surface area (Å²) in [7, 11) is 0. The molecule has 20 heavy (non-hydrogen) atoms. The fourth-order valence-corrected chi connectivity index (χ4v) is 3.45. The van der Waals surface area contributed by atoms with Gasteiger partial charge in [0.25, 0.3) is 0 Å². The van der Waals surface area contributed by atoms with Crippen LogP contribution in [0, 0.1) is 11.8 Å². The van der Waals surface area contributed by atoms with Crippen molar-refractivity contribution in [1.82, 2.24) is 4.90 Å². The van der Waals surface area contributed by atoms with Crippen LogP contribution in [-0.2, 0) is 9.53 Å². The molecule has 118 valence electrons. The Hall–Kier alpha value is -0.320. The van der Waals surface area contributed by atoms with Crippen molar-refractivity contribution in [3.05, 3.63) is 0 Å². The maximum atomic E-state index is 12.2. The van der Waals surface area contributed by atoms with Crippen molar-refractivity contribution in [2.45, 2.75) is 58.1 Å². The quantitative estimate of drug-likeness (QED) is 0.866. The predicted octanol–water partition coefficient (Wildman–Crippen LogP) is 2.20. The Morgan fingerprint density at radius 3 is 2.60 bits per heavy atom. The lowest BCUT2D eigenvalue weighted by molar-refractivity contribution is -0.140. The fourth-order valence-electron chi connectivity index (χ4n) is 3.45. The third-order valence-corrected chi connectivity index (χ3v) is 4.77. The van der Waals surface area contributed by atoms with Gasteiger partial charge in [-0.25, -0.2) is 0 Å². The van der Waals surface area contributed by atoms with Crippen molar-refractivity contribution in [3.63, 3.8) is 0 Å². The number of hydrogen-bond donors (Lipinski definition) is 1. The largest absolute Gasteiger partial charge is 0.368 e.